The van der Waals surface area contributed by atoms with Gasteiger partial charge in [-0.2, -0.15) is 0 Å². The fourth-order valence-corrected chi connectivity index (χ4v) is 2.14. The molecule has 2 aromatic rings. The zero-order valence-corrected chi connectivity index (χ0v) is 13.1. The highest BCUT2D eigenvalue weighted by atomic mass is 16.5. The molecule has 21 heavy (non-hydrogen) atoms. The summed E-state index contributed by atoms with van der Waals surface area (Å²) >= 11 is 0. The van der Waals surface area contributed by atoms with E-state index in [1.165, 1.54) is 5.56 Å². The van der Waals surface area contributed by atoms with Gasteiger partial charge in [0.15, 0.2) is 0 Å². The van der Waals surface area contributed by atoms with Gasteiger partial charge in [0, 0.05) is 17.8 Å². The predicted molar refractivity (Wildman–Crippen MR) is 87.6 cm³/mol. The van der Waals surface area contributed by atoms with Crippen molar-refractivity contribution in [2.45, 2.75) is 33.7 Å². The first-order valence-corrected chi connectivity index (χ1v) is 7.65. The molecule has 3 heteroatoms. The molecule has 0 aliphatic carbocycles. The van der Waals surface area contributed by atoms with E-state index in [0.29, 0.717) is 0 Å². The third kappa shape index (κ3) is 4.30. The number of aromatic nitrogens is 1. The summed E-state index contributed by atoms with van der Waals surface area (Å²) in [5.74, 6) is 0.918. The molecular weight excluding hydrogens is 260 g/mol. The molecular formula is C18H24N2O. The molecule has 0 spiro atoms. The first-order chi connectivity index (χ1) is 10.2. The lowest BCUT2D eigenvalue weighted by Crippen LogP contribution is -2.13. The minimum atomic E-state index is 0.760. The van der Waals surface area contributed by atoms with Crippen molar-refractivity contribution in [1.82, 2.24) is 10.3 Å². The van der Waals surface area contributed by atoms with Crippen LogP contribution in [-0.4, -0.2) is 18.1 Å². The molecule has 0 aliphatic rings. The van der Waals surface area contributed by atoms with Gasteiger partial charge >= 0.3 is 0 Å². The summed E-state index contributed by atoms with van der Waals surface area (Å²) in [7, 11) is 0. The maximum absolute atomic E-state index is 5.60. The first kappa shape index (κ1) is 15.5. The van der Waals surface area contributed by atoms with Crippen LogP contribution < -0.4 is 10.1 Å². The second-order valence-corrected chi connectivity index (χ2v) is 5.09. The highest BCUT2D eigenvalue weighted by molar-refractivity contribution is 5.60. The smallest absolute Gasteiger partial charge is 0.119 e. The van der Waals surface area contributed by atoms with E-state index in [-0.39, 0.29) is 0 Å². The normalized spacial score (nSPS) is 10.6. The first-order valence-electron chi connectivity index (χ1n) is 7.65. The third-order valence-corrected chi connectivity index (χ3v) is 3.38. The number of benzene rings is 1. The van der Waals surface area contributed by atoms with Crippen LogP contribution in [-0.2, 0) is 6.54 Å². The lowest BCUT2D eigenvalue weighted by Gasteiger charge is -2.09. The number of nitrogens with zero attached hydrogens (tertiary/aromatic N) is 1. The summed E-state index contributed by atoms with van der Waals surface area (Å²) < 4.78 is 5.60. The Balaban J connectivity index is 2.12. The van der Waals surface area contributed by atoms with Crippen LogP contribution in [0.25, 0.3) is 11.3 Å². The fourth-order valence-electron chi connectivity index (χ4n) is 2.14. The van der Waals surface area contributed by atoms with Gasteiger partial charge in [-0.05, 0) is 55.8 Å². The molecule has 0 unspecified atom stereocenters. The van der Waals surface area contributed by atoms with Crippen molar-refractivity contribution in [2.75, 3.05) is 13.2 Å². The Morgan fingerprint density at radius 3 is 2.43 bits per heavy atom. The average molecular weight is 284 g/mol. The van der Waals surface area contributed by atoms with Crippen LogP contribution in [0, 0.1) is 6.92 Å². The van der Waals surface area contributed by atoms with Crippen LogP contribution >= 0.6 is 0 Å². The SMILES string of the molecule is CCCOc1ccc(-c2ccc(CNCC)c(C)n2)cc1. The molecule has 0 radical (unpaired) electrons. The third-order valence-electron chi connectivity index (χ3n) is 3.38. The predicted octanol–water partition coefficient (Wildman–Crippen LogP) is 3.96. The van der Waals surface area contributed by atoms with Crippen LogP contribution in [0.4, 0.5) is 0 Å². The minimum Gasteiger partial charge on any atom is -0.494 e. The molecule has 3 nitrogen and oxygen atoms in total. The number of pyridine rings is 1. The summed E-state index contributed by atoms with van der Waals surface area (Å²) in [4.78, 5) is 4.71. The Morgan fingerprint density at radius 1 is 1.05 bits per heavy atom. The molecule has 1 N–H and O–H groups in total. The van der Waals surface area contributed by atoms with Gasteiger partial charge < -0.3 is 10.1 Å². The van der Waals surface area contributed by atoms with Crippen LogP contribution in [0.5, 0.6) is 5.75 Å². The second-order valence-electron chi connectivity index (χ2n) is 5.09. The Kier molecular flexibility index (Phi) is 5.76. The van der Waals surface area contributed by atoms with Gasteiger partial charge in [0.2, 0.25) is 0 Å². The Morgan fingerprint density at radius 2 is 1.81 bits per heavy atom. The molecule has 0 amide bonds. The number of hydrogen-bond acceptors (Lipinski definition) is 3. The van der Waals surface area contributed by atoms with E-state index in [1.54, 1.807) is 0 Å². The number of nitrogens with one attached hydrogen (secondary N) is 1. The van der Waals surface area contributed by atoms with Crippen LogP contribution in [0.2, 0.25) is 0 Å². The highest BCUT2D eigenvalue weighted by Crippen LogP contribution is 2.22. The quantitative estimate of drug-likeness (QED) is 0.835. The maximum atomic E-state index is 5.60. The van der Waals surface area contributed by atoms with Crippen LogP contribution in [0.15, 0.2) is 36.4 Å². The van der Waals surface area contributed by atoms with Crippen molar-refractivity contribution in [3.05, 3.63) is 47.7 Å². The largest absolute Gasteiger partial charge is 0.494 e. The van der Waals surface area contributed by atoms with Gasteiger partial charge in [-0.1, -0.05) is 19.9 Å². The van der Waals surface area contributed by atoms with E-state index in [2.05, 4.69) is 50.4 Å². The van der Waals surface area contributed by atoms with E-state index < -0.39 is 0 Å². The summed E-state index contributed by atoms with van der Waals surface area (Å²) in [6, 6.07) is 12.4. The summed E-state index contributed by atoms with van der Waals surface area (Å²) in [6.45, 7) is 8.89. The van der Waals surface area contributed by atoms with E-state index in [0.717, 1.165) is 48.8 Å². The second kappa shape index (κ2) is 7.79. The van der Waals surface area contributed by atoms with Crippen molar-refractivity contribution < 1.29 is 4.74 Å². The summed E-state index contributed by atoms with van der Waals surface area (Å²) in [6.07, 6.45) is 1.02. The van der Waals surface area contributed by atoms with E-state index >= 15 is 0 Å². The van der Waals surface area contributed by atoms with Crippen molar-refractivity contribution in [3.8, 4) is 17.0 Å². The van der Waals surface area contributed by atoms with Gasteiger partial charge in [0.1, 0.15) is 5.75 Å². The molecule has 1 heterocycles. The van der Waals surface area contributed by atoms with Crippen molar-refractivity contribution in [1.29, 1.82) is 0 Å². The zero-order chi connectivity index (χ0) is 15.1. The average Bonchev–Trinajstić information content (AvgIpc) is 2.52. The molecule has 1 aromatic heterocycles. The standard InChI is InChI=1S/C18H24N2O/c1-4-12-21-17-9-6-15(7-10-17)18-11-8-16(13-19-5-2)14(3)20-18/h6-11,19H,4-5,12-13H2,1-3H3. The Labute approximate surface area is 127 Å². The summed E-state index contributed by atoms with van der Waals surface area (Å²) in [5, 5.41) is 3.34. The molecule has 2 rings (SSSR count). The zero-order valence-electron chi connectivity index (χ0n) is 13.1. The minimum absolute atomic E-state index is 0.760. The van der Waals surface area contributed by atoms with E-state index in [1.807, 2.05) is 12.1 Å². The van der Waals surface area contributed by atoms with Crippen molar-refractivity contribution in [2.24, 2.45) is 0 Å². The lowest BCUT2D eigenvalue weighted by atomic mass is 10.1. The molecule has 0 fully saturated rings. The van der Waals surface area contributed by atoms with Gasteiger partial charge in [-0.15, -0.1) is 0 Å². The van der Waals surface area contributed by atoms with E-state index in [9.17, 15) is 0 Å². The number of hydrogen-bond donors (Lipinski definition) is 1. The molecule has 112 valence electrons. The van der Waals surface area contributed by atoms with Crippen molar-refractivity contribution >= 4 is 0 Å². The van der Waals surface area contributed by atoms with E-state index in [4.69, 9.17) is 9.72 Å². The van der Waals surface area contributed by atoms with Crippen LogP contribution in [0.3, 0.4) is 0 Å². The molecule has 0 saturated heterocycles. The maximum Gasteiger partial charge on any atom is 0.119 e. The Bertz CT molecular complexity index is 564. The van der Waals surface area contributed by atoms with Gasteiger partial charge in [-0.25, -0.2) is 0 Å². The molecule has 0 atom stereocenters. The molecule has 0 bridgehead atoms. The number of ether oxygens (including phenoxy) is 1. The molecule has 1 aromatic carbocycles. The topological polar surface area (TPSA) is 34.1 Å². The van der Waals surface area contributed by atoms with Crippen molar-refractivity contribution in [3.63, 3.8) is 0 Å². The summed E-state index contributed by atoms with van der Waals surface area (Å²) in [5.41, 5.74) is 4.47. The Hall–Kier alpha value is -1.87. The van der Waals surface area contributed by atoms with Gasteiger partial charge in [0.05, 0.1) is 12.3 Å². The monoisotopic (exact) mass is 284 g/mol. The van der Waals surface area contributed by atoms with Gasteiger partial charge in [-0.3, -0.25) is 4.98 Å². The van der Waals surface area contributed by atoms with Gasteiger partial charge in [0.25, 0.3) is 0 Å². The number of rotatable bonds is 7. The van der Waals surface area contributed by atoms with Crippen LogP contribution in [0.1, 0.15) is 31.5 Å². The fraction of sp³-hybridized carbons (Fsp3) is 0.389. The number of aryl methyl sites for hydroxylation is 1. The molecule has 0 aliphatic heterocycles. The highest BCUT2D eigenvalue weighted by Gasteiger charge is 2.04. The lowest BCUT2D eigenvalue weighted by molar-refractivity contribution is 0.317. The molecule has 0 saturated carbocycles.